The summed E-state index contributed by atoms with van der Waals surface area (Å²) in [5, 5.41) is 17.6. The Labute approximate surface area is 195 Å². The summed E-state index contributed by atoms with van der Waals surface area (Å²) in [5.74, 6) is 0.948. The quantitative estimate of drug-likeness (QED) is 0.315. The molecule has 3 rings (SSSR count). The molecule has 7 nitrogen and oxygen atoms in total. The Bertz CT molecular complexity index is 1170. The van der Waals surface area contributed by atoms with Crippen molar-refractivity contribution in [2.45, 2.75) is 31.8 Å². The smallest absolute Gasteiger partial charge is 0.342 e. The number of aryl methyl sites for hydroxylation is 1. The molecule has 0 spiro atoms. The minimum absolute atomic E-state index is 0.0941. The first kappa shape index (κ1) is 23.7. The van der Waals surface area contributed by atoms with Crippen molar-refractivity contribution in [1.82, 2.24) is 15.2 Å². The van der Waals surface area contributed by atoms with Gasteiger partial charge in [0.05, 0.1) is 19.8 Å². The maximum absolute atomic E-state index is 12.0. The molecule has 0 fully saturated rings. The van der Waals surface area contributed by atoms with Gasteiger partial charge in [-0.2, -0.15) is 0 Å². The number of nitrogens with zero attached hydrogens (tertiary/aromatic N) is 2. The summed E-state index contributed by atoms with van der Waals surface area (Å²) in [4.78, 5) is 16.5. The summed E-state index contributed by atoms with van der Waals surface area (Å²) in [6, 6.07) is 9.03. The van der Waals surface area contributed by atoms with E-state index in [9.17, 15) is 9.90 Å². The van der Waals surface area contributed by atoms with Crippen LogP contribution in [0.2, 0.25) is 5.02 Å². The molecule has 0 bridgehead atoms. The standard InChI is InChI=1S/C23H24ClN3O4S/c1-12(2)16-9-14(13(3)8-19(16)31-5)10-20(22(28)29)32-23-25-21(26-27-23)17-11-15(24)6-7-18(17)30-4/h6-12H,1-5H3,(H,28,29)(H,25,26,27)/b20-10-. The highest BCUT2D eigenvalue weighted by Gasteiger charge is 2.18. The Balaban J connectivity index is 1.96. The number of aliphatic carboxylic acids is 1. The lowest BCUT2D eigenvalue weighted by Crippen LogP contribution is -2.00. The molecule has 0 aliphatic carbocycles. The van der Waals surface area contributed by atoms with Gasteiger partial charge in [0.25, 0.3) is 0 Å². The molecule has 168 valence electrons. The molecule has 0 aliphatic heterocycles. The molecule has 0 saturated carbocycles. The number of nitrogens with one attached hydrogen (secondary N) is 1. The van der Waals surface area contributed by atoms with Crippen LogP contribution in [0.5, 0.6) is 11.5 Å². The van der Waals surface area contributed by atoms with Crippen LogP contribution in [0.3, 0.4) is 0 Å². The third-order valence-corrected chi connectivity index (χ3v) is 5.93. The van der Waals surface area contributed by atoms with E-state index in [2.05, 4.69) is 29.0 Å². The number of carboxylic acid groups (broad SMARTS) is 1. The van der Waals surface area contributed by atoms with Gasteiger partial charge >= 0.3 is 5.97 Å². The lowest BCUT2D eigenvalue weighted by Gasteiger charge is -2.15. The molecule has 0 unspecified atom stereocenters. The Morgan fingerprint density at radius 3 is 2.53 bits per heavy atom. The van der Waals surface area contributed by atoms with Crippen molar-refractivity contribution in [2.75, 3.05) is 14.2 Å². The van der Waals surface area contributed by atoms with Gasteiger partial charge in [-0.3, -0.25) is 5.10 Å². The van der Waals surface area contributed by atoms with Crippen LogP contribution in [0.25, 0.3) is 17.5 Å². The summed E-state index contributed by atoms with van der Waals surface area (Å²) in [6.07, 6.45) is 1.63. The van der Waals surface area contributed by atoms with Gasteiger partial charge in [-0.05, 0) is 77.7 Å². The van der Waals surface area contributed by atoms with Crippen LogP contribution in [0.1, 0.15) is 36.5 Å². The number of methoxy groups -OCH3 is 2. The summed E-state index contributed by atoms with van der Waals surface area (Å²) in [7, 11) is 3.18. The largest absolute Gasteiger partial charge is 0.496 e. The third-order valence-electron chi connectivity index (χ3n) is 4.82. The molecule has 0 radical (unpaired) electrons. The van der Waals surface area contributed by atoms with E-state index in [1.165, 1.54) is 0 Å². The van der Waals surface area contributed by atoms with Gasteiger partial charge in [-0.15, -0.1) is 5.10 Å². The topological polar surface area (TPSA) is 97.3 Å². The zero-order valence-electron chi connectivity index (χ0n) is 18.4. The molecule has 1 heterocycles. The Morgan fingerprint density at radius 2 is 1.91 bits per heavy atom. The first-order chi connectivity index (χ1) is 15.2. The minimum atomic E-state index is -1.07. The summed E-state index contributed by atoms with van der Waals surface area (Å²) in [5.41, 5.74) is 3.34. The molecule has 32 heavy (non-hydrogen) atoms. The van der Waals surface area contributed by atoms with E-state index >= 15 is 0 Å². The van der Waals surface area contributed by atoms with Crippen LogP contribution >= 0.6 is 23.4 Å². The number of thioether (sulfide) groups is 1. The number of hydrogen-bond donors (Lipinski definition) is 2. The van der Waals surface area contributed by atoms with E-state index < -0.39 is 5.97 Å². The van der Waals surface area contributed by atoms with E-state index in [0.717, 1.165) is 34.2 Å². The molecule has 0 amide bonds. The van der Waals surface area contributed by atoms with Gasteiger partial charge in [0.15, 0.2) is 5.82 Å². The average Bonchev–Trinajstić information content (AvgIpc) is 3.22. The molecule has 0 aliphatic rings. The number of benzene rings is 2. The highest BCUT2D eigenvalue weighted by Crippen LogP contribution is 2.34. The van der Waals surface area contributed by atoms with E-state index in [1.54, 1.807) is 38.5 Å². The molecule has 2 N–H and O–H groups in total. The van der Waals surface area contributed by atoms with E-state index in [0.29, 0.717) is 22.2 Å². The van der Waals surface area contributed by atoms with Crippen molar-refractivity contribution >= 4 is 35.4 Å². The number of rotatable bonds is 8. The van der Waals surface area contributed by atoms with Crippen molar-refractivity contribution in [2.24, 2.45) is 0 Å². The molecule has 2 aromatic carbocycles. The fourth-order valence-corrected chi connectivity index (χ4v) is 4.02. The molecule has 0 saturated heterocycles. The average molecular weight is 474 g/mol. The van der Waals surface area contributed by atoms with Crippen molar-refractivity contribution in [3.63, 3.8) is 0 Å². The predicted molar refractivity (Wildman–Crippen MR) is 127 cm³/mol. The summed E-state index contributed by atoms with van der Waals surface area (Å²) in [6.45, 7) is 6.04. The fraction of sp³-hybridized carbons (Fsp3) is 0.261. The van der Waals surface area contributed by atoms with Crippen LogP contribution in [-0.4, -0.2) is 40.5 Å². The molecule has 9 heteroatoms. The number of ether oxygens (including phenoxy) is 2. The summed E-state index contributed by atoms with van der Waals surface area (Å²) >= 11 is 7.06. The lowest BCUT2D eigenvalue weighted by atomic mass is 9.96. The molecular formula is C23H24ClN3O4S. The number of halogens is 1. The van der Waals surface area contributed by atoms with Crippen molar-refractivity contribution in [1.29, 1.82) is 0 Å². The van der Waals surface area contributed by atoms with Crippen LogP contribution in [0.15, 0.2) is 40.4 Å². The van der Waals surface area contributed by atoms with E-state index in [-0.39, 0.29) is 16.0 Å². The second-order valence-corrected chi connectivity index (χ2v) is 8.78. The first-order valence-corrected chi connectivity index (χ1v) is 11.0. The SMILES string of the molecule is COc1ccc(Cl)cc1-c1nc(S/C(=C\c2cc(C(C)C)c(OC)cc2C)C(=O)O)n[nH]1. The fourth-order valence-electron chi connectivity index (χ4n) is 3.15. The summed E-state index contributed by atoms with van der Waals surface area (Å²) < 4.78 is 10.8. The van der Waals surface area contributed by atoms with Crippen LogP contribution < -0.4 is 9.47 Å². The van der Waals surface area contributed by atoms with Crippen molar-refractivity contribution in [3.8, 4) is 22.9 Å². The monoisotopic (exact) mass is 473 g/mol. The highest BCUT2D eigenvalue weighted by molar-refractivity contribution is 8.04. The van der Waals surface area contributed by atoms with Gasteiger partial charge in [0.2, 0.25) is 5.16 Å². The van der Waals surface area contributed by atoms with Crippen molar-refractivity contribution < 1.29 is 19.4 Å². The van der Waals surface area contributed by atoms with E-state index in [1.807, 2.05) is 19.1 Å². The molecule has 1 aromatic heterocycles. The Hall–Kier alpha value is -2.97. The molecule has 3 aromatic rings. The second kappa shape index (κ2) is 10.1. The molecule has 0 atom stereocenters. The normalized spacial score (nSPS) is 11.7. The Kier molecular flexibility index (Phi) is 7.48. The van der Waals surface area contributed by atoms with Gasteiger partial charge in [0, 0.05) is 5.02 Å². The van der Waals surface area contributed by atoms with Crippen LogP contribution in [0, 0.1) is 6.92 Å². The van der Waals surface area contributed by atoms with E-state index in [4.69, 9.17) is 21.1 Å². The number of hydrogen-bond acceptors (Lipinski definition) is 6. The maximum atomic E-state index is 12.0. The predicted octanol–water partition coefficient (Wildman–Crippen LogP) is 5.79. The number of carboxylic acids is 1. The van der Waals surface area contributed by atoms with Gasteiger partial charge in [-0.1, -0.05) is 25.4 Å². The van der Waals surface area contributed by atoms with Gasteiger partial charge in [-0.25, -0.2) is 9.78 Å². The number of carbonyl (C=O) groups is 1. The van der Waals surface area contributed by atoms with Crippen molar-refractivity contribution in [3.05, 3.63) is 56.9 Å². The Morgan fingerprint density at radius 1 is 1.19 bits per heavy atom. The van der Waals surface area contributed by atoms with Gasteiger partial charge < -0.3 is 14.6 Å². The number of aromatic nitrogens is 3. The zero-order chi connectivity index (χ0) is 23.4. The highest BCUT2D eigenvalue weighted by atomic mass is 35.5. The lowest BCUT2D eigenvalue weighted by molar-refractivity contribution is -0.131. The third kappa shape index (κ3) is 5.26. The van der Waals surface area contributed by atoms with Crippen LogP contribution in [-0.2, 0) is 4.79 Å². The minimum Gasteiger partial charge on any atom is -0.496 e. The number of aromatic amines is 1. The zero-order valence-corrected chi connectivity index (χ0v) is 20.0. The molecular weight excluding hydrogens is 450 g/mol. The first-order valence-electron chi connectivity index (χ1n) is 9.81. The second-order valence-electron chi connectivity index (χ2n) is 7.33. The van der Waals surface area contributed by atoms with Gasteiger partial charge in [0.1, 0.15) is 16.4 Å². The van der Waals surface area contributed by atoms with Crippen LogP contribution in [0.4, 0.5) is 0 Å². The maximum Gasteiger partial charge on any atom is 0.342 e. The number of H-pyrrole nitrogens is 1.